The molecule has 1 N–H and O–H groups in total. The van der Waals surface area contributed by atoms with E-state index in [0.717, 1.165) is 12.3 Å². The molecule has 0 unspecified atom stereocenters. The highest BCUT2D eigenvalue weighted by molar-refractivity contribution is 6.29. The van der Waals surface area contributed by atoms with Gasteiger partial charge in [0.2, 0.25) is 5.95 Å². The van der Waals surface area contributed by atoms with Gasteiger partial charge in [0.05, 0.1) is 5.56 Å². The van der Waals surface area contributed by atoms with Crippen LogP contribution < -0.4 is 5.32 Å². The minimum atomic E-state index is -1.34. The second-order valence-corrected chi connectivity index (χ2v) is 3.55. The largest absolute Gasteiger partial charge is 0.305 e. The fourth-order valence-corrected chi connectivity index (χ4v) is 1.26. The smallest absolute Gasteiger partial charge is 0.260 e. The summed E-state index contributed by atoms with van der Waals surface area (Å²) in [6.45, 7) is 0. The van der Waals surface area contributed by atoms with Crippen LogP contribution in [-0.4, -0.2) is 21.1 Å². The highest BCUT2D eigenvalue weighted by Gasteiger charge is 2.16. The van der Waals surface area contributed by atoms with Gasteiger partial charge in [0.1, 0.15) is 0 Å². The van der Waals surface area contributed by atoms with Crippen LogP contribution >= 0.6 is 11.6 Å². The zero-order chi connectivity index (χ0) is 13.1. The number of halogens is 3. The van der Waals surface area contributed by atoms with E-state index in [1.807, 2.05) is 0 Å². The van der Waals surface area contributed by atoms with Gasteiger partial charge in [0.15, 0.2) is 16.8 Å². The van der Waals surface area contributed by atoms with Gasteiger partial charge in [0.25, 0.3) is 5.91 Å². The maximum absolute atomic E-state index is 13.3. The van der Waals surface area contributed by atoms with Crippen molar-refractivity contribution in [2.24, 2.45) is 0 Å². The van der Waals surface area contributed by atoms with Crippen LogP contribution in [0.4, 0.5) is 14.6 Å². The fraction of sp³-hybridized carbons (Fsp3) is 0. The maximum atomic E-state index is 13.3. The first-order valence-corrected chi connectivity index (χ1v) is 5.06. The van der Waals surface area contributed by atoms with Gasteiger partial charge in [-0.1, -0.05) is 11.6 Å². The molecule has 18 heavy (non-hydrogen) atoms. The molecule has 0 aliphatic rings. The molecule has 2 aromatic heterocycles. The van der Waals surface area contributed by atoms with E-state index < -0.39 is 23.2 Å². The van der Waals surface area contributed by atoms with Crippen molar-refractivity contribution in [3.05, 3.63) is 46.9 Å². The van der Waals surface area contributed by atoms with Crippen LogP contribution in [0.25, 0.3) is 0 Å². The lowest BCUT2D eigenvalue weighted by Crippen LogP contribution is -2.16. The topological polar surface area (TPSA) is 67.8 Å². The lowest BCUT2D eigenvalue weighted by molar-refractivity contribution is 0.102. The third kappa shape index (κ3) is 2.57. The molecule has 2 heterocycles. The first kappa shape index (κ1) is 12.3. The predicted octanol–water partition coefficient (Wildman–Crippen LogP) is 2.06. The van der Waals surface area contributed by atoms with E-state index in [2.05, 4.69) is 20.5 Å². The summed E-state index contributed by atoms with van der Waals surface area (Å²) in [5.41, 5.74) is -0.473. The van der Waals surface area contributed by atoms with Crippen LogP contribution in [0.3, 0.4) is 0 Å². The first-order chi connectivity index (χ1) is 8.58. The Balaban J connectivity index is 2.22. The molecule has 0 saturated heterocycles. The quantitative estimate of drug-likeness (QED) is 0.848. The van der Waals surface area contributed by atoms with Crippen LogP contribution in [0.1, 0.15) is 10.4 Å². The molecular weight excluding hydrogens is 266 g/mol. The Bertz CT molecular complexity index is 591. The van der Waals surface area contributed by atoms with Crippen LogP contribution in [0.15, 0.2) is 24.4 Å². The van der Waals surface area contributed by atoms with E-state index >= 15 is 0 Å². The highest BCUT2D eigenvalue weighted by atomic mass is 35.5. The molecule has 0 bridgehead atoms. The van der Waals surface area contributed by atoms with Gasteiger partial charge in [-0.2, -0.15) is 4.39 Å². The van der Waals surface area contributed by atoms with Crippen molar-refractivity contribution in [3.8, 4) is 0 Å². The number of amides is 1. The molecule has 0 aliphatic carbocycles. The Labute approximate surface area is 105 Å². The van der Waals surface area contributed by atoms with Crippen LogP contribution in [-0.2, 0) is 0 Å². The Morgan fingerprint density at radius 1 is 1.22 bits per heavy atom. The predicted molar refractivity (Wildman–Crippen MR) is 59.1 cm³/mol. The van der Waals surface area contributed by atoms with Gasteiger partial charge in [-0.3, -0.25) is 4.79 Å². The van der Waals surface area contributed by atoms with E-state index in [-0.39, 0.29) is 11.0 Å². The van der Waals surface area contributed by atoms with Gasteiger partial charge in [-0.25, -0.2) is 9.37 Å². The molecule has 2 aromatic rings. The van der Waals surface area contributed by atoms with Crippen molar-refractivity contribution in [3.63, 3.8) is 0 Å². The van der Waals surface area contributed by atoms with Crippen molar-refractivity contribution in [1.29, 1.82) is 0 Å². The molecule has 1 amide bonds. The maximum Gasteiger partial charge on any atom is 0.260 e. The molecule has 0 atom stereocenters. The highest BCUT2D eigenvalue weighted by Crippen LogP contribution is 2.12. The van der Waals surface area contributed by atoms with Crippen LogP contribution in [0.5, 0.6) is 0 Å². The lowest BCUT2D eigenvalue weighted by Gasteiger charge is -2.04. The van der Waals surface area contributed by atoms with E-state index in [1.54, 1.807) is 0 Å². The van der Waals surface area contributed by atoms with Crippen molar-refractivity contribution in [2.75, 3.05) is 5.32 Å². The SMILES string of the molecule is O=C(Nc1ccc(Cl)nn1)c1ccnc(F)c1F. The normalized spacial score (nSPS) is 10.2. The molecule has 0 saturated carbocycles. The summed E-state index contributed by atoms with van der Waals surface area (Å²) in [6, 6.07) is 3.83. The van der Waals surface area contributed by atoms with Gasteiger partial charge in [0, 0.05) is 6.20 Å². The Morgan fingerprint density at radius 3 is 2.67 bits per heavy atom. The third-order valence-corrected chi connectivity index (χ3v) is 2.17. The molecule has 2 rings (SSSR count). The number of nitrogens with one attached hydrogen (secondary N) is 1. The number of nitrogens with zero attached hydrogens (tertiary/aromatic N) is 3. The van der Waals surface area contributed by atoms with E-state index in [1.165, 1.54) is 12.1 Å². The fourth-order valence-electron chi connectivity index (χ4n) is 1.16. The number of aromatic nitrogens is 3. The van der Waals surface area contributed by atoms with Gasteiger partial charge >= 0.3 is 0 Å². The zero-order valence-corrected chi connectivity index (χ0v) is 9.45. The molecule has 8 heteroatoms. The second-order valence-electron chi connectivity index (χ2n) is 3.16. The van der Waals surface area contributed by atoms with Crippen molar-refractivity contribution >= 4 is 23.3 Å². The number of pyridine rings is 1. The van der Waals surface area contributed by atoms with E-state index in [4.69, 9.17) is 11.6 Å². The second kappa shape index (κ2) is 5.01. The van der Waals surface area contributed by atoms with Crippen molar-refractivity contribution in [2.45, 2.75) is 0 Å². The number of anilines is 1. The zero-order valence-electron chi connectivity index (χ0n) is 8.69. The van der Waals surface area contributed by atoms with Gasteiger partial charge < -0.3 is 5.32 Å². The van der Waals surface area contributed by atoms with Crippen molar-refractivity contribution in [1.82, 2.24) is 15.2 Å². The number of carbonyl (C=O) groups excluding carboxylic acids is 1. The van der Waals surface area contributed by atoms with Crippen LogP contribution in [0, 0.1) is 11.8 Å². The molecule has 0 aromatic carbocycles. The molecule has 0 aliphatic heterocycles. The molecule has 0 spiro atoms. The van der Waals surface area contributed by atoms with E-state index in [9.17, 15) is 13.6 Å². The summed E-state index contributed by atoms with van der Waals surface area (Å²) >= 11 is 5.51. The standard InChI is InChI=1S/C10H5ClF2N4O/c11-6-1-2-7(17-16-6)15-10(18)5-3-4-14-9(13)8(5)12/h1-4H,(H,15,17,18). The average molecular weight is 271 g/mol. The molecule has 0 radical (unpaired) electrons. The Kier molecular flexibility index (Phi) is 3.42. The Hall–Kier alpha value is -2.15. The lowest BCUT2D eigenvalue weighted by atomic mass is 10.2. The minimum Gasteiger partial charge on any atom is -0.305 e. The Morgan fingerprint density at radius 2 is 2.00 bits per heavy atom. The molecule has 0 fully saturated rings. The van der Waals surface area contributed by atoms with Gasteiger partial charge in [-0.15, -0.1) is 10.2 Å². The number of rotatable bonds is 2. The van der Waals surface area contributed by atoms with Crippen molar-refractivity contribution < 1.29 is 13.6 Å². The summed E-state index contributed by atoms with van der Waals surface area (Å²) < 4.78 is 26.1. The number of carbonyl (C=O) groups is 1. The molecular formula is C10H5ClF2N4O. The number of hydrogen-bond donors (Lipinski definition) is 1. The summed E-state index contributed by atoms with van der Waals surface area (Å²) in [4.78, 5) is 14.7. The third-order valence-electron chi connectivity index (χ3n) is 1.96. The average Bonchev–Trinajstić information content (AvgIpc) is 2.35. The monoisotopic (exact) mass is 270 g/mol. The molecule has 92 valence electrons. The molecule has 5 nitrogen and oxygen atoms in total. The minimum absolute atomic E-state index is 0.0704. The summed E-state index contributed by atoms with van der Waals surface area (Å²) in [5, 5.41) is 9.43. The summed E-state index contributed by atoms with van der Waals surface area (Å²) in [6.07, 6.45) is 0.987. The summed E-state index contributed by atoms with van der Waals surface area (Å²) in [5.74, 6) is -3.45. The van der Waals surface area contributed by atoms with E-state index in [0.29, 0.717) is 0 Å². The summed E-state index contributed by atoms with van der Waals surface area (Å²) in [7, 11) is 0. The first-order valence-electron chi connectivity index (χ1n) is 4.68. The van der Waals surface area contributed by atoms with Crippen LogP contribution in [0.2, 0.25) is 5.15 Å². The number of hydrogen-bond acceptors (Lipinski definition) is 4. The van der Waals surface area contributed by atoms with Gasteiger partial charge in [-0.05, 0) is 18.2 Å².